The van der Waals surface area contributed by atoms with Gasteiger partial charge >= 0.3 is 5.69 Å². The first-order chi connectivity index (χ1) is 8.68. The molecule has 0 aliphatic heterocycles. The van der Waals surface area contributed by atoms with Crippen molar-refractivity contribution in [3.8, 4) is 5.75 Å². The lowest BCUT2D eigenvalue weighted by atomic mass is 9.82. The van der Waals surface area contributed by atoms with Gasteiger partial charge in [0.25, 0.3) is 0 Å². The lowest BCUT2D eigenvalue weighted by Gasteiger charge is -2.31. The fraction of sp³-hybridized carbons (Fsp3) is 0.538. The van der Waals surface area contributed by atoms with E-state index < -0.39 is 22.5 Å². The van der Waals surface area contributed by atoms with Crippen LogP contribution in [0, 0.1) is 15.5 Å². The number of methoxy groups -OCH3 is 1. The summed E-state index contributed by atoms with van der Waals surface area (Å²) >= 11 is 0. The largest absolute Gasteiger partial charge is 0.490 e. The Bertz CT molecular complexity index is 468. The van der Waals surface area contributed by atoms with Crippen LogP contribution in [0.3, 0.4) is 0 Å². The molecule has 2 atom stereocenters. The van der Waals surface area contributed by atoms with Crippen LogP contribution < -0.4 is 10.5 Å². The monoisotopic (exact) mass is 268 g/mol. The molecule has 0 saturated heterocycles. The first-order valence-electron chi connectivity index (χ1n) is 5.94. The van der Waals surface area contributed by atoms with Crippen molar-refractivity contribution in [3.05, 3.63) is 33.9 Å². The quantitative estimate of drug-likeness (QED) is 0.643. The van der Waals surface area contributed by atoms with Gasteiger partial charge in [-0.05, 0) is 17.0 Å². The average molecular weight is 268 g/mol. The third-order valence-corrected chi connectivity index (χ3v) is 3.01. The van der Waals surface area contributed by atoms with Crippen molar-refractivity contribution in [3.63, 3.8) is 0 Å². The van der Waals surface area contributed by atoms with E-state index in [-0.39, 0.29) is 11.4 Å². The number of nitro benzene ring substituents is 1. The maximum atomic E-state index is 10.9. The third kappa shape index (κ3) is 3.42. The van der Waals surface area contributed by atoms with Gasteiger partial charge in [0.15, 0.2) is 5.75 Å². The summed E-state index contributed by atoms with van der Waals surface area (Å²) in [5.74, 6) is 0.172. The Labute approximate surface area is 112 Å². The van der Waals surface area contributed by atoms with Crippen molar-refractivity contribution in [2.24, 2.45) is 11.1 Å². The van der Waals surface area contributed by atoms with Gasteiger partial charge in [0.1, 0.15) is 0 Å². The number of aliphatic hydroxyl groups excluding tert-OH is 1. The first kappa shape index (κ1) is 15.4. The molecule has 0 saturated carbocycles. The Morgan fingerprint density at radius 3 is 2.42 bits per heavy atom. The molecule has 3 N–H and O–H groups in total. The molecule has 19 heavy (non-hydrogen) atoms. The van der Waals surface area contributed by atoms with E-state index in [2.05, 4.69) is 0 Å². The van der Waals surface area contributed by atoms with Crippen molar-refractivity contribution in [2.75, 3.05) is 7.11 Å². The maximum Gasteiger partial charge on any atom is 0.311 e. The Kier molecular flexibility index (Phi) is 4.49. The summed E-state index contributed by atoms with van der Waals surface area (Å²) < 4.78 is 4.92. The number of benzene rings is 1. The topological polar surface area (TPSA) is 98.6 Å². The summed E-state index contributed by atoms with van der Waals surface area (Å²) in [6.07, 6.45) is -0.805. The van der Waals surface area contributed by atoms with Gasteiger partial charge in [0.2, 0.25) is 0 Å². The normalized spacial score (nSPS) is 14.8. The van der Waals surface area contributed by atoms with Crippen LogP contribution in [-0.2, 0) is 0 Å². The highest BCUT2D eigenvalue weighted by Crippen LogP contribution is 2.33. The van der Waals surface area contributed by atoms with Crippen LogP contribution in [0.25, 0.3) is 0 Å². The van der Waals surface area contributed by atoms with Crippen LogP contribution in [-0.4, -0.2) is 23.2 Å². The van der Waals surface area contributed by atoms with Crippen molar-refractivity contribution in [2.45, 2.75) is 32.9 Å². The first-order valence-corrected chi connectivity index (χ1v) is 5.94. The van der Waals surface area contributed by atoms with Gasteiger partial charge in [-0.15, -0.1) is 0 Å². The zero-order valence-electron chi connectivity index (χ0n) is 11.6. The van der Waals surface area contributed by atoms with Gasteiger partial charge in [-0.2, -0.15) is 0 Å². The molecule has 6 nitrogen and oxygen atoms in total. The molecule has 6 heteroatoms. The second kappa shape index (κ2) is 5.54. The summed E-state index contributed by atoms with van der Waals surface area (Å²) in [7, 11) is 1.37. The number of hydrogen-bond acceptors (Lipinski definition) is 5. The van der Waals surface area contributed by atoms with Crippen molar-refractivity contribution < 1.29 is 14.8 Å². The Morgan fingerprint density at radius 2 is 2.00 bits per heavy atom. The Balaban J connectivity index is 3.15. The zero-order valence-corrected chi connectivity index (χ0v) is 11.6. The van der Waals surface area contributed by atoms with E-state index in [1.54, 1.807) is 6.07 Å². The molecular formula is C13H20N2O4. The van der Waals surface area contributed by atoms with Gasteiger partial charge in [-0.25, -0.2) is 0 Å². The van der Waals surface area contributed by atoms with Gasteiger partial charge in [-0.3, -0.25) is 10.1 Å². The molecule has 1 aromatic carbocycles. The number of ether oxygens (including phenoxy) is 1. The number of nitrogens with zero attached hydrogens (tertiary/aromatic N) is 1. The predicted octanol–water partition coefficient (Wildman–Crippen LogP) is 2.01. The fourth-order valence-corrected chi connectivity index (χ4v) is 1.78. The van der Waals surface area contributed by atoms with E-state index in [1.165, 1.54) is 19.2 Å². The maximum absolute atomic E-state index is 10.9. The van der Waals surface area contributed by atoms with Gasteiger partial charge in [0, 0.05) is 6.07 Å². The Morgan fingerprint density at radius 1 is 1.42 bits per heavy atom. The highest BCUT2D eigenvalue weighted by Gasteiger charge is 2.30. The van der Waals surface area contributed by atoms with Crippen LogP contribution >= 0.6 is 0 Å². The molecule has 0 heterocycles. The molecule has 1 aromatic rings. The average Bonchev–Trinajstić information content (AvgIpc) is 2.34. The highest BCUT2D eigenvalue weighted by molar-refractivity contribution is 5.49. The van der Waals surface area contributed by atoms with E-state index >= 15 is 0 Å². The van der Waals surface area contributed by atoms with Crippen LogP contribution in [0.4, 0.5) is 5.69 Å². The van der Waals surface area contributed by atoms with Crippen LogP contribution in [0.15, 0.2) is 18.2 Å². The molecule has 0 fully saturated rings. The fourth-order valence-electron chi connectivity index (χ4n) is 1.78. The minimum atomic E-state index is -0.805. The standard InChI is InChI=1S/C13H20N2O4/c1-13(2,3)12(16)11(14)8-5-6-10(19-4)9(7-8)15(17)18/h5-7,11-12,16H,14H2,1-4H3/t11-,12-/m0/s1. The second-order valence-corrected chi connectivity index (χ2v) is 5.53. The summed E-state index contributed by atoms with van der Waals surface area (Å²) in [4.78, 5) is 10.4. The molecule has 0 aromatic heterocycles. The summed E-state index contributed by atoms with van der Waals surface area (Å²) in [6, 6.07) is 3.77. The minimum absolute atomic E-state index is 0.156. The van der Waals surface area contributed by atoms with E-state index in [1.807, 2.05) is 20.8 Å². The number of nitrogens with two attached hydrogens (primary N) is 1. The van der Waals surface area contributed by atoms with E-state index in [4.69, 9.17) is 10.5 Å². The minimum Gasteiger partial charge on any atom is -0.490 e. The number of hydrogen-bond donors (Lipinski definition) is 2. The van der Waals surface area contributed by atoms with Crippen LogP contribution in [0.1, 0.15) is 32.4 Å². The number of rotatable bonds is 4. The Hall–Kier alpha value is -1.66. The van der Waals surface area contributed by atoms with Gasteiger partial charge in [-0.1, -0.05) is 26.8 Å². The molecule has 0 amide bonds. The summed E-state index contributed by atoms with van der Waals surface area (Å²) in [5, 5.41) is 21.1. The summed E-state index contributed by atoms with van der Waals surface area (Å²) in [5.41, 5.74) is 5.92. The van der Waals surface area contributed by atoms with Gasteiger partial charge in [0.05, 0.1) is 24.2 Å². The molecule has 1 rings (SSSR count). The SMILES string of the molecule is COc1ccc([C@H](N)[C@H](O)C(C)(C)C)cc1[N+](=O)[O-]. The lowest BCUT2D eigenvalue weighted by Crippen LogP contribution is -2.36. The third-order valence-electron chi connectivity index (χ3n) is 3.01. The molecule has 0 aliphatic carbocycles. The molecule has 0 spiro atoms. The number of aliphatic hydroxyl groups is 1. The predicted molar refractivity (Wildman–Crippen MR) is 72.0 cm³/mol. The zero-order chi connectivity index (χ0) is 14.8. The summed E-state index contributed by atoms with van der Waals surface area (Å²) in [6.45, 7) is 5.57. The van der Waals surface area contributed by atoms with Crippen molar-refractivity contribution in [1.29, 1.82) is 0 Å². The molecule has 106 valence electrons. The molecular weight excluding hydrogens is 248 g/mol. The molecule has 0 aliphatic rings. The van der Waals surface area contributed by atoms with Gasteiger partial charge < -0.3 is 15.6 Å². The van der Waals surface area contributed by atoms with Crippen LogP contribution in [0.5, 0.6) is 5.75 Å². The van der Waals surface area contributed by atoms with E-state index in [0.717, 1.165) is 0 Å². The molecule has 0 unspecified atom stereocenters. The van der Waals surface area contributed by atoms with E-state index in [9.17, 15) is 15.2 Å². The molecule has 0 radical (unpaired) electrons. The number of nitro groups is 1. The van der Waals surface area contributed by atoms with Crippen molar-refractivity contribution in [1.82, 2.24) is 0 Å². The smallest absolute Gasteiger partial charge is 0.311 e. The lowest BCUT2D eigenvalue weighted by molar-refractivity contribution is -0.385. The van der Waals surface area contributed by atoms with E-state index in [0.29, 0.717) is 5.56 Å². The van der Waals surface area contributed by atoms with Crippen LogP contribution in [0.2, 0.25) is 0 Å². The highest BCUT2D eigenvalue weighted by atomic mass is 16.6. The van der Waals surface area contributed by atoms with Crippen molar-refractivity contribution >= 4 is 5.69 Å². The second-order valence-electron chi connectivity index (χ2n) is 5.53. The molecule has 0 bridgehead atoms.